The van der Waals surface area contributed by atoms with Crippen molar-refractivity contribution in [1.29, 1.82) is 0 Å². The Balaban J connectivity index is 3.16. The molecule has 0 saturated carbocycles. The average molecular weight is 281 g/mol. The number of hydrogen-bond donors (Lipinski definition) is 1. The van der Waals surface area contributed by atoms with Gasteiger partial charge in [-0.25, -0.2) is 4.31 Å². The number of hydrogen-bond acceptors (Lipinski definition) is 6. The van der Waals surface area contributed by atoms with Gasteiger partial charge < -0.3 is 9.47 Å². The first kappa shape index (κ1) is 17.2. The number of carbonyl (C=O) groups is 1. The van der Waals surface area contributed by atoms with Gasteiger partial charge in [0.2, 0.25) is 0 Å². The molecular formula is C11H23NO3S2. The Labute approximate surface area is 113 Å². The lowest BCUT2D eigenvalue weighted by Gasteiger charge is -2.11. The summed E-state index contributed by atoms with van der Waals surface area (Å²) in [5, 5.41) is 0. The predicted molar refractivity (Wildman–Crippen MR) is 75.3 cm³/mol. The van der Waals surface area contributed by atoms with Gasteiger partial charge in [-0.2, -0.15) is 0 Å². The summed E-state index contributed by atoms with van der Waals surface area (Å²) in [6.07, 6.45) is 0.967. The van der Waals surface area contributed by atoms with Crippen LogP contribution in [0.5, 0.6) is 0 Å². The molecule has 0 heterocycles. The Morgan fingerprint density at radius 1 is 1.29 bits per heavy atom. The van der Waals surface area contributed by atoms with Crippen molar-refractivity contribution in [3.63, 3.8) is 0 Å². The summed E-state index contributed by atoms with van der Waals surface area (Å²) in [4.78, 5) is 11.2. The van der Waals surface area contributed by atoms with Crippen molar-refractivity contribution in [2.24, 2.45) is 5.92 Å². The first-order valence-corrected chi connectivity index (χ1v) is 7.61. The lowest BCUT2D eigenvalue weighted by Crippen LogP contribution is -2.17. The number of ketones is 1. The van der Waals surface area contributed by atoms with Crippen LogP contribution in [0.25, 0.3) is 0 Å². The molecule has 0 aromatic heterocycles. The highest BCUT2D eigenvalue weighted by atomic mass is 33.1. The molecule has 0 unspecified atom stereocenters. The van der Waals surface area contributed by atoms with Crippen LogP contribution in [-0.4, -0.2) is 50.1 Å². The molecule has 0 radical (unpaired) electrons. The van der Waals surface area contributed by atoms with Crippen LogP contribution in [0.3, 0.4) is 0 Å². The van der Waals surface area contributed by atoms with Crippen LogP contribution in [0.1, 0.15) is 20.3 Å². The number of rotatable bonds is 11. The van der Waals surface area contributed by atoms with E-state index in [1.54, 1.807) is 0 Å². The van der Waals surface area contributed by atoms with Gasteiger partial charge in [0, 0.05) is 19.1 Å². The van der Waals surface area contributed by atoms with Gasteiger partial charge in [0.1, 0.15) is 6.61 Å². The Bertz CT molecular complexity index is 203. The summed E-state index contributed by atoms with van der Waals surface area (Å²) in [6.45, 7) is 6.62. The van der Waals surface area contributed by atoms with Gasteiger partial charge >= 0.3 is 0 Å². The highest BCUT2D eigenvalue weighted by molar-refractivity contribution is 8.67. The summed E-state index contributed by atoms with van der Waals surface area (Å²) in [5.74, 6) is 0.183. The Hall–Kier alpha value is 0.250. The third-order valence-electron chi connectivity index (χ3n) is 2.16. The van der Waals surface area contributed by atoms with E-state index in [1.807, 2.05) is 25.2 Å². The fraction of sp³-hybridized carbons (Fsp3) is 0.909. The number of carbonyl (C=O) groups excluding carboxylic acids is 1. The minimum absolute atomic E-state index is 0.0465. The highest BCUT2D eigenvalue weighted by Crippen LogP contribution is 2.10. The smallest absolute Gasteiger partial charge is 0.160 e. The Kier molecular flexibility index (Phi) is 11.5. The Morgan fingerprint density at radius 2 is 1.94 bits per heavy atom. The Morgan fingerprint density at radius 3 is 2.53 bits per heavy atom. The quantitative estimate of drug-likeness (QED) is 0.272. The zero-order valence-corrected chi connectivity index (χ0v) is 12.6. The molecule has 0 atom stereocenters. The molecule has 0 aromatic carbocycles. The number of nitrogens with zero attached hydrogens (tertiary/aromatic N) is 1. The van der Waals surface area contributed by atoms with Crippen LogP contribution < -0.4 is 0 Å². The molecule has 0 aliphatic rings. The van der Waals surface area contributed by atoms with Gasteiger partial charge in [0.15, 0.2) is 5.78 Å². The molecule has 0 fully saturated rings. The molecule has 102 valence electrons. The molecule has 0 aliphatic heterocycles. The summed E-state index contributed by atoms with van der Waals surface area (Å²) >= 11 is 4.07. The van der Waals surface area contributed by atoms with Crippen molar-refractivity contribution in [1.82, 2.24) is 4.31 Å². The maximum Gasteiger partial charge on any atom is 0.160 e. The zero-order chi connectivity index (χ0) is 13.1. The molecule has 0 spiro atoms. The largest absolute Gasteiger partial charge is 0.379 e. The maximum absolute atomic E-state index is 11.2. The minimum Gasteiger partial charge on any atom is -0.379 e. The van der Waals surface area contributed by atoms with Gasteiger partial charge in [-0.3, -0.25) is 4.79 Å². The van der Waals surface area contributed by atoms with E-state index in [2.05, 4.69) is 11.7 Å². The summed E-state index contributed by atoms with van der Waals surface area (Å²) in [7, 11) is 3.40. The zero-order valence-electron chi connectivity index (χ0n) is 10.8. The fourth-order valence-corrected chi connectivity index (χ4v) is 1.45. The number of thiol groups is 1. The molecule has 0 amide bonds. The van der Waals surface area contributed by atoms with E-state index in [0.717, 1.165) is 13.0 Å². The van der Waals surface area contributed by atoms with Crippen LogP contribution in [0.4, 0.5) is 0 Å². The predicted octanol–water partition coefficient (Wildman–Crippen LogP) is 2.06. The minimum atomic E-state index is 0.0465. The van der Waals surface area contributed by atoms with E-state index in [4.69, 9.17) is 9.47 Å². The fourth-order valence-electron chi connectivity index (χ4n) is 0.989. The van der Waals surface area contributed by atoms with E-state index in [0.29, 0.717) is 19.8 Å². The summed E-state index contributed by atoms with van der Waals surface area (Å²) in [5.41, 5.74) is 0. The lowest BCUT2D eigenvalue weighted by molar-refractivity contribution is -0.127. The first-order valence-electron chi connectivity index (χ1n) is 5.78. The summed E-state index contributed by atoms with van der Waals surface area (Å²) < 4.78 is 12.6. The van der Waals surface area contributed by atoms with Crippen LogP contribution in [-0.2, 0) is 14.3 Å². The first-order chi connectivity index (χ1) is 8.07. The van der Waals surface area contributed by atoms with E-state index in [1.165, 1.54) is 11.0 Å². The molecule has 0 rings (SSSR count). The molecule has 0 aliphatic carbocycles. The topological polar surface area (TPSA) is 38.8 Å². The average Bonchev–Trinajstić information content (AvgIpc) is 2.31. The molecule has 17 heavy (non-hydrogen) atoms. The van der Waals surface area contributed by atoms with Crippen molar-refractivity contribution in [3.8, 4) is 0 Å². The second-order valence-electron chi connectivity index (χ2n) is 4.07. The van der Waals surface area contributed by atoms with Gasteiger partial charge in [-0.1, -0.05) is 25.5 Å². The number of ether oxygens (including phenoxy) is 2. The van der Waals surface area contributed by atoms with Crippen molar-refractivity contribution in [2.45, 2.75) is 20.3 Å². The monoisotopic (exact) mass is 281 g/mol. The molecular weight excluding hydrogens is 258 g/mol. The van der Waals surface area contributed by atoms with Crippen LogP contribution >= 0.6 is 22.6 Å². The standard InChI is InChI=1S/C11H23NO3S2/c1-10(2)11(13)9-15-8-7-14-6-4-5-12(3)17-16/h10,16H,4-9H2,1-3H3. The third kappa shape index (κ3) is 11.1. The molecule has 0 N–H and O–H groups in total. The molecule has 0 saturated heterocycles. The van der Waals surface area contributed by atoms with E-state index < -0.39 is 0 Å². The second-order valence-corrected chi connectivity index (χ2v) is 5.35. The van der Waals surface area contributed by atoms with Crippen molar-refractivity contribution >= 4 is 28.4 Å². The van der Waals surface area contributed by atoms with Crippen LogP contribution in [0, 0.1) is 5.92 Å². The highest BCUT2D eigenvalue weighted by Gasteiger charge is 2.06. The van der Waals surface area contributed by atoms with Gasteiger partial charge in [0.05, 0.1) is 13.2 Å². The molecule has 0 aromatic rings. The van der Waals surface area contributed by atoms with Crippen molar-refractivity contribution < 1.29 is 14.3 Å². The third-order valence-corrected chi connectivity index (χ3v) is 3.46. The van der Waals surface area contributed by atoms with Crippen molar-refractivity contribution in [3.05, 3.63) is 0 Å². The van der Waals surface area contributed by atoms with Crippen LogP contribution in [0.15, 0.2) is 0 Å². The van der Waals surface area contributed by atoms with E-state index in [-0.39, 0.29) is 18.3 Å². The maximum atomic E-state index is 11.2. The van der Waals surface area contributed by atoms with Gasteiger partial charge in [0.25, 0.3) is 0 Å². The van der Waals surface area contributed by atoms with Crippen molar-refractivity contribution in [2.75, 3.05) is 40.0 Å². The van der Waals surface area contributed by atoms with Crippen LogP contribution in [0.2, 0.25) is 0 Å². The number of Topliss-reactive ketones (excluding diaryl/α,β-unsaturated/α-hetero) is 1. The molecule has 4 nitrogen and oxygen atoms in total. The van der Waals surface area contributed by atoms with Gasteiger partial charge in [-0.15, -0.1) is 0 Å². The van der Waals surface area contributed by atoms with E-state index in [9.17, 15) is 4.79 Å². The lowest BCUT2D eigenvalue weighted by atomic mass is 10.1. The van der Waals surface area contributed by atoms with Gasteiger partial charge in [-0.05, 0) is 24.4 Å². The SMILES string of the molecule is CC(C)C(=O)COCCOCCCN(C)SS. The summed E-state index contributed by atoms with van der Waals surface area (Å²) in [6, 6.07) is 0. The normalized spacial score (nSPS) is 11.4. The molecule has 6 heteroatoms. The van der Waals surface area contributed by atoms with E-state index >= 15 is 0 Å². The second kappa shape index (κ2) is 11.3. The molecule has 0 bridgehead atoms.